The van der Waals surface area contributed by atoms with Crippen molar-refractivity contribution >= 4 is 16.9 Å². The number of hydrogen-bond acceptors (Lipinski definition) is 5. The number of aromatic nitrogens is 4. The molecule has 5 rings (SSSR count). The Labute approximate surface area is 179 Å². The average molecular weight is 413 g/mol. The van der Waals surface area contributed by atoms with E-state index in [0.717, 1.165) is 65.2 Å². The molecule has 3 N–H and O–H groups in total. The minimum absolute atomic E-state index is 0.168. The number of nitrogens with zero attached hydrogens (tertiary/aromatic N) is 3. The average Bonchev–Trinajstić information content (AvgIpc) is 3.28. The SMILES string of the molecule is Cc1cccc(-c2[nH]cnc2-c2ccc3nc(C4CCNCC4)c(C(=O)O)cc3c2)n1. The number of H-pyrrole nitrogens is 1. The lowest BCUT2D eigenvalue weighted by atomic mass is 9.90. The van der Waals surface area contributed by atoms with E-state index in [2.05, 4.69) is 20.3 Å². The Kier molecular flexibility index (Phi) is 4.95. The third-order valence-electron chi connectivity index (χ3n) is 5.86. The number of imidazole rings is 1. The molecule has 0 bridgehead atoms. The lowest BCUT2D eigenvalue weighted by Crippen LogP contribution is -2.28. The lowest BCUT2D eigenvalue weighted by Gasteiger charge is -2.23. The fourth-order valence-corrected chi connectivity index (χ4v) is 4.31. The minimum atomic E-state index is -0.933. The second-order valence-corrected chi connectivity index (χ2v) is 7.95. The van der Waals surface area contributed by atoms with Gasteiger partial charge in [0, 0.05) is 22.6 Å². The van der Waals surface area contributed by atoms with Gasteiger partial charge in [0.05, 0.1) is 40.2 Å². The Morgan fingerprint density at radius 3 is 2.71 bits per heavy atom. The summed E-state index contributed by atoms with van der Waals surface area (Å²) in [6, 6.07) is 13.5. The molecular formula is C24H23N5O2. The summed E-state index contributed by atoms with van der Waals surface area (Å²) >= 11 is 0. The van der Waals surface area contributed by atoms with Crippen molar-refractivity contribution in [3.8, 4) is 22.6 Å². The summed E-state index contributed by atoms with van der Waals surface area (Å²) in [5.41, 5.74) is 6.03. The smallest absolute Gasteiger partial charge is 0.337 e. The first-order valence-electron chi connectivity index (χ1n) is 10.5. The van der Waals surface area contributed by atoms with Gasteiger partial charge < -0.3 is 15.4 Å². The van der Waals surface area contributed by atoms with Crippen LogP contribution in [0.1, 0.15) is 40.5 Å². The molecule has 31 heavy (non-hydrogen) atoms. The van der Waals surface area contributed by atoms with Crippen molar-refractivity contribution < 1.29 is 9.90 Å². The second kappa shape index (κ2) is 7.92. The molecule has 156 valence electrons. The van der Waals surface area contributed by atoms with Crippen molar-refractivity contribution in [3.63, 3.8) is 0 Å². The van der Waals surface area contributed by atoms with Crippen LogP contribution in [0.5, 0.6) is 0 Å². The summed E-state index contributed by atoms with van der Waals surface area (Å²) in [5.74, 6) is -0.764. The molecule has 1 aliphatic rings. The van der Waals surface area contributed by atoms with Crippen LogP contribution in [0.2, 0.25) is 0 Å². The standard InChI is InChI=1S/C24H23N5O2/c1-14-3-2-4-20(28-14)23-22(26-13-27-23)16-5-6-19-17(11-16)12-18(24(30)31)21(29-19)15-7-9-25-10-8-15/h2-6,11-13,15,25H,7-10H2,1H3,(H,26,27)(H,30,31). The van der Waals surface area contributed by atoms with E-state index < -0.39 is 5.97 Å². The molecule has 0 unspecified atom stereocenters. The number of carboxylic acid groups (broad SMARTS) is 1. The molecule has 0 amide bonds. The third kappa shape index (κ3) is 3.68. The van der Waals surface area contributed by atoms with Crippen molar-refractivity contribution in [1.29, 1.82) is 0 Å². The minimum Gasteiger partial charge on any atom is -0.478 e. The number of hydrogen-bond donors (Lipinski definition) is 3. The first kappa shape index (κ1) is 19.4. The predicted octanol–water partition coefficient (Wildman–Crippen LogP) is 4.16. The molecular weight excluding hydrogens is 390 g/mol. The van der Waals surface area contributed by atoms with Crippen molar-refractivity contribution in [3.05, 3.63) is 65.7 Å². The van der Waals surface area contributed by atoms with E-state index >= 15 is 0 Å². The van der Waals surface area contributed by atoms with Crippen LogP contribution in [0.4, 0.5) is 0 Å². The number of carbonyl (C=O) groups is 1. The van der Waals surface area contributed by atoms with Crippen LogP contribution in [-0.2, 0) is 0 Å². The number of aromatic carboxylic acids is 1. The quantitative estimate of drug-likeness (QED) is 0.464. The summed E-state index contributed by atoms with van der Waals surface area (Å²) in [6.07, 6.45) is 3.45. The van der Waals surface area contributed by atoms with E-state index in [9.17, 15) is 9.90 Å². The first-order chi connectivity index (χ1) is 15.1. The highest BCUT2D eigenvalue weighted by Gasteiger charge is 2.24. The van der Waals surface area contributed by atoms with Gasteiger partial charge in [0.2, 0.25) is 0 Å². The largest absolute Gasteiger partial charge is 0.478 e. The van der Waals surface area contributed by atoms with E-state index in [4.69, 9.17) is 4.98 Å². The van der Waals surface area contributed by atoms with Gasteiger partial charge in [-0.2, -0.15) is 0 Å². The summed E-state index contributed by atoms with van der Waals surface area (Å²) in [7, 11) is 0. The van der Waals surface area contributed by atoms with E-state index in [1.54, 1.807) is 12.4 Å². The predicted molar refractivity (Wildman–Crippen MR) is 119 cm³/mol. The number of aromatic amines is 1. The number of benzene rings is 1. The number of aryl methyl sites for hydroxylation is 1. The molecule has 4 aromatic rings. The van der Waals surface area contributed by atoms with Crippen molar-refractivity contribution in [2.45, 2.75) is 25.7 Å². The molecule has 0 spiro atoms. The zero-order chi connectivity index (χ0) is 21.4. The Morgan fingerprint density at radius 2 is 1.94 bits per heavy atom. The Hall–Kier alpha value is -3.58. The molecule has 7 nitrogen and oxygen atoms in total. The van der Waals surface area contributed by atoms with Crippen LogP contribution in [0.3, 0.4) is 0 Å². The van der Waals surface area contributed by atoms with Crippen LogP contribution in [0, 0.1) is 6.92 Å². The zero-order valence-corrected chi connectivity index (χ0v) is 17.2. The molecule has 7 heteroatoms. The van der Waals surface area contributed by atoms with Gasteiger partial charge in [-0.05, 0) is 63.2 Å². The Morgan fingerprint density at radius 1 is 1.10 bits per heavy atom. The number of rotatable bonds is 4. The third-order valence-corrected chi connectivity index (χ3v) is 5.86. The number of fused-ring (bicyclic) bond motifs is 1. The molecule has 0 atom stereocenters. The summed E-state index contributed by atoms with van der Waals surface area (Å²) < 4.78 is 0. The molecule has 1 saturated heterocycles. The van der Waals surface area contributed by atoms with Gasteiger partial charge in [-0.3, -0.25) is 9.97 Å². The number of carboxylic acids is 1. The molecule has 3 aromatic heterocycles. The number of piperidine rings is 1. The second-order valence-electron chi connectivity index (χ2n) is 7.95. The van der Waals surface area contributed by atoms with Gasteiger partial charge >= 0.3 is 5.97 Å². The maximum Gasteiger partial charge on any atom is 0.337 e. The van der Waals surface area contributed by atoms with Crippen LogP contribution < -0.4 is 5.32 Å². The van der Waals surface area contributed by atoms with Crippen LogP contribution >= 0.6 is 0 Å². The highest BCUT2D eigenvalue weighted by atomic mass is 16.4. The summed E-state index contributed by atoms with van der Waals surface area (Å²) in [4.78, 5) is 29.1. The number of nitrogens with one attached hydrogen (secondary N) is 2. The van der Waals surface area contributed by atoms with Gasteiger partial charge in [-0.25, -0.2) is 9.78 Å². The van der Waals surface area contributed by atoms with Gasteiger partial charge in [-0.1, -0.05) is 12.1 Å². The molecule has 1 aromatic carbocycles. The topological polar surface area (TPSA) is 104 Å². The van der Waals surface area contributed by atoms with Gasteiger partial charge in [0.1, 0.15) is 0 Å². The van der Waals surface area contributed by atoms with Gasteiger partial charge in [0.25, 0.3) is 0 Å². The van der Waals surface area contributed by atoms with Gasteiger partial charge in [-0.15, -0.1) is 0 Å². The van der Waals surface area contributed by atoms with Crippen LogP contribution in [-0.4, -0.2) is 44.1 Å². The van der Waals surface area contributed by atoms with Crippen LogP contribution in [0.15, 0.2) is 48.8 Å². The Balaban J connectivity index is 1.60. The molecule has 0 radical (unpaired) electrons. The highest BCUT2D eigenvalue weighted by Crippen LogP contribution is 2.33. The first-order valence-corrected chi connectivity index (χ1v) is 10.5. The Bertz CT molecular complexity index is 1270. The van der Waals surface area contributed by atoms with Crippen molar-refractivity contribution in [1.82, 2.24) is 25.3 Å². The van der Waals surface area contributed by atoms with Crippen molar-refractivity contribution in [2.24, 2.45) is 0 Å². The molecule has 0 aliphatic carbocycles. The van der Waals surface area contributed by atoms with E-state index in [-0.39, 0.29) is 5.92 Å². The fraction of sp³-hybridized carbons (Fsp3) is 0.250. The molecule has 1 aliphatic heterocycles. The molecule has 1 fully saturated rings. The molecule has 0 saturated carbocycles. The maximum atomic E-state index is 12.0. The highest BCUT2D eigenvalue weighted by molar-refractivity contribution is 5.95. The monoisotopic (exact) mass is 413 g/mol. The normalized spacial score (nSPS) is 14.7. The van der Waals surface area contributed by atoms with Crippen molar-refractivity contribution in [2.75, 3.05) is 13.1 Å². The van der Waals surface area contributed by atoms with E-state index in [1.807, 2.05) is 43.3 Å². The number of pyridine rings is 2. The lowest BCUT2D eigenvalue weighted by molar-refractivity contribution is 0.0694. The summed E-state index contributed by atoms with van der Waals surface area (Å²) in [5, 5.41) is 14.0. The summed E-state index contributed by atoms with van der Waals surface area (Å²) in [6.45, 7) is 3.73. The maximum absolute atomic E-state index is 12.0. The van der Waals surface area contributed by atoms with Crippen LogP contribution in [0.25, 0.3) is 33.5 Å². The fourth-order valence-electron chi connectivity index (χ4n) is 4.31. The zero-order valence-electron chi connectivity index (χ0n) is 17.2. The molecule has 4 heterocycles. The van der Waals surface area contributed by atoms with Gasteiger partial charge in [0.15, 0.2) is 0 Å². The van der Waals surface area contributed by atoms with E-state index in [1.165, 1.54) is 0 Å². The van der Waals surface area contributed by atoms with E-state index in [0.29, 0.717) is 11.3 Å².